The number of aromatic carboxylic acids is 2. The van der Waals surface area contributed by atoms with Crippen molar-refractivity contribution in [1.82, 2.24) is 24.9 Å². The first kappa shape index (κ1) is 67.8. The van der Waals surface area contributed by atoms with E-state index in [1.165, 1.54) is 88.6 Å². The van der Waals surface area contributed by atoms with Gasteiger partial charge in [-0.15, -0.1) is 22.7 Å². The van der Waals surface area contributed by atoms with E-state index in [2.05, 4.69) is 30.2 Å². The van der Waals surface area contributed by atoms with Crippen LogP contribution in [0.15, 0.2) is 164 Å². The van der Waals surface area contributed by atoms with Crippen molar-refractivity contribution in [2.45, 2.75) is 32.1 Å². The van der Waals surface area contributed by atoms with E-state index in [4.69, 9.17) is 70.4 Å². The minimum absolute atomic E-state index is 0.0424. The number of nitrogens with two attached hydrogens (primary N) is 2. The molecule has 5 aromatic heterocycles. The molecule has 1 amide bonds. The quantitative estimate of drug-likeness (QED) is 0.0469. The lowest BCUT2D eigenvalue weighted by Gasteiger charge is -2.05. The minimum atomic E-state index is -1.06. The number of carboxylic acids is 3. The van der Waals surface area contributed by atoms with Crippen molar-refractivity contribution in [3.05, 3.63) is 243 Å². The molecule has 10 N–H and O–H groups in total. The Morgan fingerprint density at radius 1 is 0.479 bits per heavy atom. The molecule has 30 heteroatoms. The molecule has 21 nitrogen and oxygen atoms in total. The molecular weight excluding hydrogens is 1350 g/mol. The third-order valence-electron chi connectivity index (χ3n) is 13.0. The van der Waals surface area contributed by atoms with E-state index < -0.39 is 46.9 Å². The Morgan fingerprint density at radius 3 is 1.35 bits per heavy atom. The van der Waals surface area contributed by atoms with Crippen LogP contribution in [0, 0.1) is 17.5 Å². The van der Waals surface area contributed by atoms with Gasteiger partial charge in [0.2, 0.25) is 0 Å². The summed E-state index contributed by atoms with van der Waals surface area (Å²) in [6.07, 6.45) is -0.283. The number of fused-ring (bicyclic) bond motifs is 5. The fourth-order valence-corrected chi connectivity index (χ4v) is 12.0. The standard InChI is InChI=1S/C24H15ClFN3O4S.C17H11ClFNO3S.C8H6ClFO2.C8H6N2O2S.C7H6N2O2/c25-14-3-1-12(17(26)9-14)7-16(30)11-22-28-19-5-2-13(8-21(19)34-22)23(31)27-15-4-6-18-20(10-15)33-24(32)29-18;18-11-3-1-9(13(19)7-11)5-12(21)8-16-20-14-4-2-10(17(22)23)6-15(14)24-16;9-6-2-1-5(3-8(11)12)7(10)4-6;9-8-10-5-2-1-4(7(11)12)3-6(5)13-8;8-4-1-2-5-6(3-4)11-7(10)9-5/h1-6,8-10H,7,11H2,(H,27,31)(H,29,32);1-4,6-7H,5,8H2,(H,22,23);1-2,4H,3H2,(H,11,12);1-3H,(H2,9,10)(H,11,12);1-3H,8H2,(H,9,10). The van der Waals surface area contributed by atoms with Gasteiger partial charge < -0.3 is 40.9 Å². The van der Waals surface area contributed by atoms with Gasteiger partial charge in [0.25, 0.3) is 5.91 Å². The summed E-state index contributed by atoms with van der Waals surface area (Å²) >= 11 is 20.8. The molecule has 0 atom stereocenters. The highest BCUT2D eigenvalue weighted by molar-refractivity contribution is 7.22. The number of benzene rings is 8. The van der Waals surface area contributed by atoms with E-state index in [1.54, 1.807) is 84.9 Å². The summed E-state index contributed by atoms with van der Waals surface area (Å²) in [5.41, 5.74) is 17.7. The number of nitrogens with one attached hydrogen (secondary N) is 3. The molecule has 8 aromatic carbocycles. The number of carbonyl (C=O) groups is 6. The number of thiazole rings is 3. The zero-order chi connectivity index (χ0) is 67.5. The van der Waals surface area contributed by atoms with E-state index in [0.717, 1.165) is 21.0 Å². The Kier molecular flexibility index (Phi) is 21.8. The van der Waals surface area contributed by atoms with Crippen molar-refractivity contribution < 1.29 is 66.1 Å². The number of aliphatic carboxylic acids is 1. The van der Waals surface area contributed by atoms with Crippen LogP contribution in [0.2, 0.25) is 15.1 Å². The summed E-state index contributed by atoms with van der Waals surface area (Å²) < 4.78 is 52.6. The molecule has 478 valence electrons. The molecular formula is C64H44Cl3F3N8O13S3. The minimum Gasteiger partial charge on any atom is -0.481 e. The zero-order valence-corrected chi connectivity index (χ0v) is 52.5. The van der Waals surface area contributed by atoms with Gasteiger partial charge in [-0.3, -0.25) is 29.1 Å². The normalized spacial score (nSPS) is 10.8. The van der Waals surface area contributed by atoms with Gasteiger partial charge in [0.15, 0.2) is 16.3 Å². The summed E-state index contributed by atoms with van der Waals surface area (Å²) in [6.45, 7) is 0. The average Bonchev–Trinajstić information content (AvgIpc) is 1.86. The Hall–Kier alpha value is -10.6. The van der Waals surface area contributed by atoms with Gasteiger partial charge in [-0.05, 0) is 132 Å². The summed E-state index contributed by atoms with van der Waals surface area (Å²) in [6, 6.07) is 36.6. The molecule has 5 heterocycles. The lowest BCUT2D eigenvalue weighted by atomic mass is 10.1. The Bertz CT molecular complexity index is 5200. The summed E-state index contributed by atoms with van der Waals surface area (Å²) in [4.78, 5) is 109. The van der Waals surface area contributed by atoms with Gasteiger partial charge >= 0.3 is 29.4 Å². The molecule has 0 aliphatic heterocycles. The van der Waals surface area contributed by atoms with E-state index in [1.807, 2.05) is 0 Å². The molecule has 0 unspecified atom stereocenters. The second-order valence-corrected chi connectivity index (χ2v) is 24.5. The number of Topliss-reactive ketones (excluding diaryl/α,β-unsaturated/α-hetero) is 2. The number of aromatic amines is 2. The van der Waals surface area contributed by atoms with Gasteiger partial charge in [-0.1, -0.05) is 64.3 Å². The Balaban J connectivity index is 0.000000150. The lowest BCUT2D eigenvalue weighted by Crippen LogP contribution is -2.11. The van der Waals surface area contributed by atoms with E-state index in [9.17, 15) is 51.5 Å². The highest BCUT2D eigenvalue weighted by atomic mass is 35.5. The fourth-order valence-electron chi connectivity index (χ4n) is 8.68. The van der Waals surface area contributed by atoms with Crippen LogP contribution in [0.3, 0.4) is 0 Å². The molecule has 0 saturated carbocycles. The highest BCUT2D eigenvalue weighted by Crippen LogP contribution is 2.29. The van der Waals surface area contributed by atoms with Crippen LogP contribution >= 0.6 is 68.8 Å². The number of halogens is 6. The van der Waals surface area contributed by atoms with Crippen molar-refractivity contribution in [3.8, 4) is 0 Å². The summed E-state index contributed by atoms with van der Waals surface area (Å²) in [7, 11) is 0. The second-order valence-electron chi connectivity index (χ2n) is 19.9. The van der Waals surface area contributed by atoms with Crippen molar-refractivity contribution in [2.75, 3.05) is 16.8 Å². The third kappa shape index (κ3) is 18.4. The number of carbonyl (C=O) groups excluding carboxylic acids is 3. The average molecular weight is 1390 g/mol. The Morgan fingerprint density at radius 2 is 0.894 bits per heavy atom. The van der Waals surface area contributed by atoms with Crippen LogP contribution in [0.25, 0.3) is 52.8 Å². The maximum Gasteiger partial charge on any atom is 0.417 e. The maximum atomic E-state index is 14.0. The van der Waals surface area contributed by atoms with Crippen molar-refractivity contribution in [3.63, 3.8) is 0 Å². The van der Waals surface area contributed by atoms with Crippen molar-refractivity contribution in [1.29, 1.82) is 0 Å². The number of oxazole rings is 2. The Labute approximate surface area is 552 Å². The van der Waals surface area contributed by atoms with Crippen molar-refractivity contribution >= 4 is 174 Å². The molecule has 94 heavy (non-hydrogen) atoms. The first-order valence-corrected chi connectivity index (χ1v) is 30.7. The largest absolute Gasteiger partial charge is 0.481 e. The monoisotopic (exact) mass is 1390 g/mol. The van der Waals surface area contributed by atoms with Gasteiger partial charge in [0.1, 0.15) is 39.0 Å². The van der Waals surface area contributed by atoms with Gasteiger partial charge in [0.05, 0.1) is 72.1 Å². The number of amides is 1. The number of aromatic nitrogens is 5. The van der Waals surface area contributed by atoms with Crippen LogP contribution in [0.5, 0.6) is 0 Å². The van der Waals surface area contributed by atoms with E-state index in [0.29, 0.717) is 75.6 Å². The number of ketones is 2. The summed E-state index contributed by atoms with van der Waals surface area (Å²) in [5.74, 6) is -6.32. The molecule has 0 aliphatic carbocycles. The number of anilines is 3. The van der Waals surface area contributed by atoms with Gasteiger partial charge in [-0.25, -0.2) is 47.3 Å². The SMILES string of the molecule is Nc1ccc2[nH]c(=O)oc2c1.Nc1nc2ccc(C(=O)O)cc2s1.O=C(Cc1nc2ccc(C(=O)Nc3ccc4[nH]c(=O)oc4c3)cc2s1)Cc1ccc(Cl)cc1F.O=C(Cc1nc2ccc(C(=O)O)cc2s1)Cc1ccc(Cl)cc1F.O=C(O)Cc1ccc(Cl)cc1F. The summed E-state index contributed by atoms with van der Waals surface area (Å²) in [5, 5.41) is 31.3. The van der Waals surface area contributed by atoms with Crippen LogP contribution in [0.4, 0.5) is 29.7 Å². The van der Waals surface area contributed by atoms with E-state index >= 15 is 0 Å². The second kappa shape index (κ2) is 30.3. The molecule has 0 fully saturated rings. The van der Waals surface area contributed by atoms with Crippen LogP contribution in [-0.4, -0.2) is 75.6 Å². The number of hydrogen-bond donors (Lipinski definition) is 8. The van der Waals surface area contributed by atoms with Gasteiger partial charge in [0, 0.05) is 57.0 Å². The highest BCUT2D eigenvalue weighted by Gasteiger charge is 2.18. The predicted octanol–water partition coefficient (Wildman–Crippen LogP) is 13.7. The topological polar surface area (TPSA) is 358 Å². The molecule has 13 rings (SSSR count). The van der Waals surface area contributed by atoms with E-state index in [-0.39, 0.29) is 86.9 Å². The number of hydrogen-bond acceptors (Lipinski definition) is 18. The predicted molar refractivity (Wildman–Crippen MR) is 354 cm³/mol. The first-order valence-electron chi connectivity index (χ1n) is 27.1. The van der Waals surface area contributed by atoms with Crippen LogP contribution in [-0.2, 0) is 46.5 Å². The van der Waals surface area contributed by atoms with Crippen LogP contribution < -0.4 is 28.3 Å². The lowest BCUT2D eigenvalue weighted by molar-refractivity contribution is -0.136. The number of H-pyrrole nitrogens is 2. The number of nitrogens with zero attached hydrogens (tertiary/aromatic N) is 3. The van der Waals surface area contributed by atoms with Crippen molar-refractivity contribution in [2.24, 2.45) is 0 Å². The zero-order valence-electron chi connectivity index (χ0n) is 47.8. The molecule has 13 aromatic rings. The molecule has 0 saturated heterocycles. The molecule has 0 spiro atoms. The number of carboxylic acid groups (broad SMARTS) is 3. The number of rotatable bonds is 14. The molecule has 0 aliphatic rings. The fraction of sp³-hybridized carbons (Fsp3) is 0.0781. The molecule has 0 radical (unpaired) electrons. The number of nitrogen functional groups attached to an aromatic ring is 2. The first-order chi connectivity index (χ1) is 44.8. The smallest absolute Gasteiger partial charge is 0.417 e. The van der Waals surface area contributed by atoms with Crippen LogP contribution in [0.1, 0.15) is 57.8 Å². The maximum absolute atomic E-state index is 14.0. The van der Waals surface area contributed by atoms with Gasteiger partial charge in [-0.2, -0.15) is 0 Å². The third-order valence-corrected chi connectivity index (χ3v) is 16.6. The molecule has 0 bridgehead atoms.